The van der Waals surface area contributed by atoms with E-state index in [0.29, 0.717) is 48.8 Å². The second-order valence-corrected chi connectivity index (χ2v) is 12.1. The summed E-state index contributed by atoms with van der Waals surface area (Å²) in [6, 6.07) is 23.0. The fourth-order valence-electron chi connectivity index (χ4n) is 5.01. The lowest BCUT2D eigenvalue weighted by Crippen LogP contribution is -2.54. The van der Waals surface area contributed by atoms with Crippen LogP contribution in [0.1, 0.15) is 18.4 Å². The Morgan fingerprint density at radius 3 is 2.44 bits per heavy atom. The van der Waals surface area contributed by atoms with Crippen LogP contribution in [0, 0.1) is 5.92 Å². The first kappa shape index (κ1) is 27.2. The molecular weight excluding hydrogens is 538 g/mol. The third kappa shape index (κ3) is 6.11. The summed E-state index contributed by atoms with van der Waals surface area (Å²) in [6.45, 7) is 0.893. The Hall–Kier alpha value is -3.40. The van der Waals surface area contributed by atoms with Crippen molar-refractivity contribution in [3.63, 3.8) is 0 Å². The zero-order valence-corrected chi connectivity index (χ0v) is 22.9. The van der Waals surface area contributed by atoms with Crippen LogP contribution in [-0.4, -0.2) is 56.8 Å². The molecule has 2 aliphatic heterocycles. The van der Waals surface area contributed by atoms with Crippen molar-refractivity contribution < 1.29 is 22.7 Å². The molecule has 1 saturated heterocycles. The molecule has 3 aromatic carbocycles. The molecule has 0 bridgehead atoms. The minimum Gasteiger partial charge on any atom is -0.477 e. The van der Waals surface area contributed by atoms with E-state index >= 15 is 0 Å². The van der Waals surface area contributed by atoms with Gasteiger partial charge in [-0.15, -0.1) is 0 Å². The molecule has 1 N–H and O–H groups in total. The van der Waals surface area contributed by atoms with Crippen LogP contribution in [0.5, 0.6) is 5.75 Å². The van der Waals surface area contributed by atoms with Gasteiger partial charge in [0.05, 0.1) is 23.0 Å². The second kappa shape index (κ2) is 11.8. The van der Waals surface area contributed by atoms with Crippen molar-refractivity contribution in [3.05, 3.63) is 89.4 Å². The maximum Gasteiger partial charge on any atom is 0.262 e. The molecule has 0 aliphatic carbocycles. The Morgan fingerprint density at radius 2 is 1.67 bits per heavy atom. The van der Waals surface area contributed by atoms with Crippen molar-refractivity contribution >= 4 is 39.1 Å². The van der Waals surface area contributed by atoms with Crippen molar-refractivity contribution in [2.75, 3.05) is 31.1 Å². The van der Waals surface area contributed by atoms with E-state index in [4.69, 9.17) is 16.3 Å². The maximum atomic E-state index is 13.8. The van der Waals surface area contributed by atoms with Crippen LogP contribution in [0.25, 0.3) is 0 Å². The number of anilines is 1. The standard InChI is InChI=1S/C29H30ClN3O5S/c30-23-12-14-24(15-13-23)39(36,37)32-18-6-9-22(19-32)29(35)33-20-27(38-26-11-5-4-10-25(26)33)28(34)31-17-16-21-7-2-1-3-8-21/h1-5,7-8,10-15,22,27H,6,9,16-20H2,(H,31,34)/t22-,27+/m0/s1. The summed E-state index contributed by atoms with van der Waals surface area (Å²) in [5.74, 6) is -0.617. The van der Waals surface area contributed by atoms with Gasteiger partial charge in [-0.05, 0) is 61.2 Å². The van der Waals surface area contributed by atoms with Gasteiger partial charge in [-0.2, -0.15) is 4.31 Å². The summed E-state index contributed by atoms with van der Waals surface area (Å²) in [6.07, 6.45) is 0.910. The Labute approximate surface area is 233 Å². The molecule has 2 amide bonds. The minimum atomic E-state index is -3.78. The number of carbonyl (C=O) groups is 2. The van der Waals surface area contributed by atoms with Crippen LogP contribution in [-0.2, 0) is 26.0 Å². The number of sulfonamides is 1. The molecule has 204 valence electrons. The van der Waals surface area contributed by atoms with Gasteiger partial charge in [-0.25, -0.2) is 8.42 Å². The molecule has 8 nitrogen and oxygen atoms in total. The molecule has 0 unspecified atom stereocenters. The minimum absolute atomic E-state index is 0.0491. The predicted molar refractivity (Wildman–Crippen MR) is 149 cm³/mol. The topological polar surface area (TPSA) is 96.0 Å². The summed E-state index contributed by atoms with van der Waals surface area (Å²) in [5, 5.41) is 3.37. The van der Waals surface area contributed by atoms with E-state index in [-0.39, 0.29) is 29.8 Å². The number of fused-ring (bicyclic) bond motifs is 1. The Balaban J connectivity index is 1.29. The maximum absolute atomic E-state index is 13.8. The van der Waals surface area contributed by atoms with Crippen LogP contribution in [0.3, 0.4) is 0 Å². The van der Waals surface area contributed by atoms with Gasteiger partial charge in [-0.3, -0.25) is 9.59 Å². The lowest BCUT2D eigenvalue weighted by Gasteiger charge is -2.38. The van der Waals surface area contributed by atoms with Crippen LogP contribution in [0.15, 0.2) is 83.8 Å². The van der Waals surface area contributed by atoms with E-state index in [1.807, 2.05) is 30.3 Å². The van der Waals surface area contributed by atoms with Gasteiger partial charge in [0.1, 0.15) is 5.75 Å². The SMILES string of the molecule is O=C(NCCc1ccccc1)[C@H]1CN(C(=O)[C@H]2CCCN(S(=O)(=O)c3ccc(Cl)cc3)C2)c2ccccc2O1. The molecule has 5 rings (SSSR count). The van der Waals surface area contributed by atoms with E-state index < -0.39 is 22.0 Å². The van der Waals surface area contributed by atoms with Gasteiger partial charge in [0, 0.05) is 24.7 Å². The molecule has 3 aromatic rings. The van der Waals surface area contributed by atoms with E-state index in [2.05, 4.69) is 5.32 Å². The van der Waals surface area contributed by atoms with Gasteiger partial charge in [0.2, 0.25) is 15.9 Å². The average molecular weight is 568 g/mol. The number of hydrogen-bond donors (Lipinski definition) is 1. The van der Waals surface area contributed by atoms with Crippen LogP contribution in [0.4, 0.5) is 5.69 Å². The molecule has 2 atom stereocenters. The number of rotatable bonds is 7. The predicted octanol–water partition coefficient (Wildman–Crippen LogP) is 3.89. The van der Waals surface area contributed by atoms with Crippen molar-refractivity contribution in [1.29, 1.82) is 0 Å². The number of para-hydroxylation sites is 2. The van der Waals surface area contributed by atoms with Crippen molar-refractivity contribution in [3.8, 4) is 5.75 Å². The average Bonchev–Trinajstić information content (AvgIpc) is 2.97. The van der Waals surface area contributed by atoms with Crippen LogP contribution >= 0.6 is 11.6 Å². The first-order chi connectivity index (χ1) is 18.8. The normalized spacial score (nSPS) is 19.6. The lowest BCUT2D eigenvalue weighted by molar-refractivity contribution is -0.129. The smallest absolute Gasteiger partial charge is 0.262 e. The first-order valence-electron chi connectivity index (χ1n) is 13.0. The number of halogens is 1. The molecule has 39 heavy (non-hydrogen) atoms. The number of nitrogens with zero attached hydrogens (tertiary/aromatic N) is 2. The summed E-state index contributed by atoms with van der Waals surface area (Å²) < 4.78 is 33.9. The molecule has 1 fully saturated rings. The monoisotopic (exact) mass is 567 g/mol. The Morgan fingerprint density at radius 1 is 0.949 bits per heavy atom. The van der Waals surface area contributed by atoms with E-state index in [9.17, 15) is 18.0 Å². The largest absolute Gasteiger partial charge is 0.477 e. The highest BCUT2D eigenvalue weighted by molar-refractivity contribution is 7.89. The number of ether oxygens (including phenoxy) is 1. The summed E-state index contributed by atoms with van der Waals surface area (Å²) in [7, 11) is -3.78. The Bertz CT molecular complexity index is 1430. The number of piperidine rings is 1. The van der Waals surface area contributed by atoms with E-state index in [0.717, 1.165) is 5.56 Å². The molecule has 0 radical (unpaired) electrons. The van der Waals surface area contributed by atoms with Crippen molar-refractivity contribution in [2.45, 2.75) is 30.3 Å². The summed E-state index contributed by atoms with van der Waals surface area (Å²) in [4.78, 5) is 28.6. The molecular formula is C29H30ClN3O5S. The molecule has 0 aromatic heterocycles. The number of benzene rings is 3. The second-order valence-electron chi connectivity index (χ2n) is 9.71. The molecule has 0 saturated carbocycles. The fourth-order valence-corrected chi connectivity index (χ4v) is 6.66. The van der Waals surface area contributed by atoms with Gasteiger partial charge < -0.3 is 15.0 Å². The van der Waals surface area contributed by atoms with Crippen LogP contribution < -0.4 is 15.0 Å². The number of nitrogens with one attached hydrogen (secondary N) is 1. The lowest BCUT2D eigenvalue weighted by atomic mass is 9.97. The quantitative estimate of drug-likeness (QED) is 0.467. The molecule has 0 spiro atoms. The number of hydrogen-bond acceptors (Lipinski definition) is 5. The zero-order valence-electron chi connectivity index (χ0n) is 21.3. The van der Waals surface area contributed by atoms with E-state index in [1.54, 1.807) is 29.2 Å². The van der Waals surface area contributed by atoms with Crippen molar-refractivity contribution in [2.24, 2.45) is 5.92 Å². The van der Waals surface area contributed by atoms with Gasteiger partial charge in [0.25, 0.3) is 5.91 Å². The highest BCUT2D eigenvalue weighted by Gasteiger charge is 2.39. The van der Waals surface area contributed by atoms with Crippen LogP contribution in [0.2, 0.25) is 5.02 Å². The summed E-state index contributed by atoms with van der Waals surface area (Å²) >= 11 is 5.93. The number of amides is 2. The van der Waals surface area contributed by atoms with Gasteiger partial charge >= 0.3 is 0 Å². The fraction of sp³-hybridized carbons (Fsp3) is 0.310. The molecule has 2 aliphatic rings. The Kier molecular flexibility index (Phi) is 8.20. The third-order valence-corrected chi connectivity index (χ3v) is 9.20. The highest BCUT2D eigenvalue weighted by Crippen LogP contribution is 2.35. The zero-order chi connectivity index (χ0) is 27.4. The van der Waals surface area contributed by atoms with Gasteiger partial charge in [0.15, 0.2) is 6.10 Å². The summed E-state index contributed by atoms with van der Waals surface area (Å²) in [5.41, 5.74) is 1.69. The highest BCUT2D eigenvalue weighted by atomic mass is 35.5. The molecule has 2 heterocycles. The van der Waals surface area contributed by atoms with Crippen molar-refractivity contribution in [1.82, 2.24) is 9.62 Å². The number of carbonyl (C=O) groups excluding carboxylic acids is 2. The first-order valence-corrected chi connectivity index (χ1v) is 14.8. The third-order valence-electron chi connectivity index (χ3n) is 7.07. The van der Waals surface area contributed by atoms with E-state index in [1.165, 1.54) is 28.6 Å². The van der Waals surface area contributed by atoms with Gasteiger partial charge in [-0.1, -0.05) is 54.1 Å². The molecule has 10 heteroatoms.